The van der Waals surface area contributed by atoms with E-state index in [1.54, 1.807) is 0 Å². The van der Waals surface area contributed by atoms with Crippen molar-refractivity contribution < 1.29 is 0 Å². The lowest BCUT2D eigenvalue weighted by atomic mass is 9.95. The molecular weight excluding hydrogens is 527 g/mol. The summed E-state index contributed by atoms with van der Waals surface area (Å²) < 4.78 is 2.68. The molecule has 42 heavy (non-hydrogen) atoms. The van der Waals surface area contributed by atoms with Crippen molar-refractivity contribution in [1.29, 1.82) is 0 Å². The first-order valence-electron chi connectivity index (χ1n) is 14.3. The number of hydrogen-bond acceptors (Lipinski definition) is 1. The highest BCUT2D eigenvalue weighted by molar-refractivity contribution is 7.25. The van der Waals surface area contributed by atoms with Crippen molar-refractivity contribution >= 4 is 64.1 Å². The van der Waals surface area contributed by atoms with Gasteiger partial charge in [0.1, 0.15) is 0 Å². The molecule has 9 rings (SSSR count). The fourth-order valence-electron chi connectivity index (χ4n) is 6.50. The van der Waals surface area contributed by atoms with Crippen LogP contribution in [0.5, 0.6) is 0 Å². The fraction of sp³-hybridized carbons (Fsp3) is 0. The van der Waals surface area contributed by atoms with Gasteiger partial charge in [0.15, 0.2) is 0 Å². The molecule has 0 amide bonds. The summed E-state index contributed by atoms with van der Waals surface area (Å²) in [6.07, 6.45) is 0. The van der Waals surface area contributed by atoms with E-state index in [1.807, 2.05) is 11.3 Å². The number of H-pyrrole nitrogens is 1. The molecule has 0 aliphatic carbocycles. The summed E-state index contributed by atoms with van der Waals surface area (Å²) in [5, 5.41) is 7.72. The Bertz CT molecular complexity index is 2470. The number of benzene rings is 7. The Morgan fingerprint density at radius 3 is 1.83 bits per heavy atom. The van der Waals surface area contributed by atoms with Gasteiger partial charge in [0.2, 0.25) is 0 Å². The largest absolute Gasteiger partial charge is 0.354 e. The minimum absolute atomic E-state index is 1.18. The van der Waals surface area contributed by atoms with Crippen LogP contribution < -0.4 is 0 Å². The lowest BCUT2D eigenvalue weighted by Gasteiger charge is -2.10. The van der Waals surface area contributed by atoms with Gasteiger partial charge in [-0.1, -0.05) is 103 Å². The summed E-state index contributed by atoms with van der Waals surface area (Å²) >= 11 is 1.86. The van der Waals surface area contributed by atoms with Gasteiger partial charge in [0.25, 0.3) is 0 Å². The molecule has 1 N–H and O–H groups in total. The molecule has 0 bridgehead atoms. The summed E-state index contributed by atoms with van der Waals surface area (Å²) in [6, 6.07) is 53.3. The van der Waals surface area contributed by atoms with E-state index in [2.05, 4.69) is 151 Å². The van der Waals surface area contributed by atoms with Crippen LogP contribution in [-0.2, 0) is 0 Å². The predicted molar refractivity (Wildman–Crippen MR) is 183 cm³/mol. The Balaban J connectivity index is 1.14. The van der Waals surface area contributed by atoms with Gasteiger partial charge in [-0.15, -0.1) is 11.3 Å². The van der Waals surface area contributed by atoms with E-state index in [0.717, 1.165) is 0 Å². The molecule has 1 nitrogen and oxygen atoms in total. The molecule has 0 saturated heterocycles. The molecule has 0 radical (unpaired) electrons. The van der Waals surface area contributed by atoms with E-state index >= 15 is 0 Å². The normalized spacial score (nSPS) is 11.8. The van der Waals surface area contributed by atoms with Gasteiger partial charge in [0.05, 0.1) is 5.52 Å². The molecule has 196 valence electrons. The monoisotopic (exact) mass is 551 g/mol. The lowest BCUT2D eigenvalue weighted by molar-refractivity contribution is 1.53. The van der Waals surface area contributed by atoms with Crippen molar-refractivity contribution in [2.45, 2.75) is 0 Å². The van der Waals surface area contributed by atoms with Crippen molar-refractivity contribution in [1.82, 2.24) is 4.98 Å². The lowest BCUT2D eigenvalue weighted by Crippen LogP contribution is -1.84. The summed E-state index contributed by atoms with van der Waals surface area (Å²) in [5.74, 6) is 0. The van der Waals surface area contributed by atoms with Crippen molar-refractivity contribution in [3.05, 3.63) is 146 Å². The topological polar surface area (TPSA) is 15.8 Å². The highest BCUT2D eigenvalue weighted by Gasteiger charge is 2.12. The Morgan fingerprint density at radius 1 is 0.381 bits per heavy atom. The molecular formula is C40H25NS. The van der Waals surface area contributed by atoms with Crippen LogP contribution in [0.2, 0.25) is 0 Å². The molecule has 0 atom stereocenters. The molecule has 2 heteroatoms. The average Bonchev–Trinajstić information content (AvgIpc) is 3.61. The quantitative estimate of drug-likeness (QED) is 0.225. The maximum absolute atomic E-state index is 3.75. The number of hydrogen-bond donors (Lipinski definition) is 1. The first kappa shape index (κ1) is 23.5. The van der Waals surface area contributed by atoms with Crippen LogP contribution in [0.25, 0.3) is 86.1 Å². The third-order valence-electron chi connectivity index (χ3n) is 8.58. The number of aromatic nitrogens is 1. The van der Waals surface area contributed by atoms with Crippen molar-refractivity contribution in [2.75, 3.05) is 0 Å². The van der Waals surface area contributed by atoms with Crippen LogP contribution >= 0.6 is 11.3 Å². The van der Waals surface area contributed by atoms with E-state index in [0.29, 0.717) is 0 Å². The van der Waals surface area contributed by atoms with Crippen molar-refractivity contribution in [3.63, 3.8) is 0 Å². The second-order valence-corrected chi connectivity index (χ2v) is 12.2. The highest BCUT2D eigenvalue weighted by atomic mass is 32.1. The summed E-state index contributed by atoms with van der Waals surface area (Å²) in [7, 11) is 0. The van der Waals surface area contributed by atoms with Crippen LogP contribution in [0.1, 0.15) is 0 Å². The van der Waals surface area contributed by atoms with Crippen LogP contribution in [0.3, 0.4) is 0 Å². The summed E-state index contributed by atoms with van der Waals surface area (Å²) in [5.41, 5.74) is 9.72. The number of thiophene rings is 1. The number of rotatable bonds is 3. The number of nitrogens with one attached hydrogen (secondary N) is 1. The van der Waals surface area contributed by atoms with E-state index in [-0.39, 0.29) is 0 Å². The Labute approximate surface area is 247 Å². The van der Waals surface area contributed by atoms with Gasteiger partial charge in [0, 0.05) is 42.0 Å². The van der Waals surface area contributed by atoms with Gasteiger partial charge < -0.3 is 4.98 Å². The zero-order valence-corrected chi connectivity index (χ0v) is 23.6. The van der Waals surface area contributed by atoms with Gasteiger partial charge >= 0.3 is 0 Å². The highest BCUT2D eigenvalue weighted by Crippen LogP contribution is 2.39. The van der Waals surface area contributed by atoms with Gasteiger partial charge in [-0.2, -0.15) is 0 Å². The Kier molecular flexibility index (Phi) is 5.13. The number of fused-ring (bicyclic) bond motifs is 7. The third kappa shape index (κ3) is 3.69. The van der Waals surface area contributed by atoms with Crippen LogP contribution in [0.15, 0.2) is 146 Å². The standard InChI is InChI=1S/C40H25NS/c1-2-9-29-24-37-35(22-28(29)8-1)34-16-7-15-32(40(34)41-37)31-13-6-12-27(21-31)25-10-5-11-26(20-25)30-18-19-39-36(23-30)33-14-3-4-17-38(33)42-39/h1-24,41H. The molecule has 2 aromatic heterocycles. The molecule has 9 aromatic rings. The molecule has 0 unspecified atom stereocenters. The minimum Gasteiger partial charge on any atom is -0.354 e. The smallest absolute Gasteiger partial charge is 0.0544 e. The van der Waals surface area contributed by atoms with Gasteiger partial charge in [-0.3, -0.25) is 0 Å². The number of para-hydroxylation sites is 1. The van der Waals surface area contributed by atoms with E-state index in [4.69, 9.17) is 0 Å². The average molecular weight is 552 g/mol. The molecule has 0 aliphatic rings. The third-order valence-corrected chi connectivity index (χ3v) is 9.73. The minimum atomic E-state index is 1.18. The van der Waals surface area contributed by atoms with E-state index in [1.165, 1.54) is 86.1 Å². The molecule has 7 aromatic carbocycles. The maximum Gasteiger partial charge on any atom is 0.0544 e. The molecule has 0 spiro atoms. The van der Waals surface area contributed by atoms with Crippen LogP contribution in [0, 0.1) is 0 Å². The second kappa shape index (κ2) is 9.17. The Hall–Kier alpha value is -5.18. The summed E-state index contributed by atoms with van der Waals surface area (Å²) in [4.78, 5) is 3.75. The van der Waals surface area contributed by atoms with Crippen LogP contribution in [-0.4, -0.2) is 4.98 Å². The van der Waals surface area contributed by atoms with Crippen molar-refractivity contribution in [2.24, 2.45) is 0 Å². The van der Waals surface area contributed by atoms with Gasteiger partial charge in [-0.25, -0.2) is 0 Å². The van der Waals surface area contributed by atoms with Crippen molar-refractivity contribution in [3.8, 4) is 33.4 Å². The summed E-state index contributed by atoms with van der Waals surface area (Å²) in [6.45, 7) is 0. The SMILES string of the molecule is c1cc(-c2cccc(-c3cccc4c3[nH]c3cc5ccccc5cc34)c2)cc(-c2ccc3sc4ccccc4c3c2)c1. The molecule has 0 saturated carbocycles. The fourth-order valence-corrected chi connectivity index (χ4v) is 7.59. The Morgan fingerprint density at radius 2 is 1.00 bits per heavy atom. The zero-order valence-electron chi connectivity index (χ0n) is 22.8. The van der Waals surface area contributed by atoms with E-state index in [9.17, 15) is 0 Å². The zero-order chi connectivity index (χ0) is 27.6. The van der Waals surface area contributed by atoms with E-state index < -0.39 is 0 Å². The molecule has 0 aliphatic heterocycles. The molecule has 2 heterocycles. The van der Waals surface area contributed by atoms with Crippen LogP contribution in [0.4, 0.5) is 0 Å². The number of aromatic amines is 1. The first-order valence-corrected chi connectivity index (χ1v) is 15.2. The predicted octanol–water partition coefficient (Wildman–Crippen LogP) is 11.8. The maximum atomic E-state index is 3.75. The second-order valence-electron chi connectivity index (χ2n) is 11.1. The first-order chi connectivity index (χ1) is 20.8. The van der Waals surface area contributed by atoms with Gasteiger partial charge in [-0.05, 0) is 81.1 Å². The molecule has 0 fully saturated rings.